The molecule has 1 N–H and O–H groups in total. The van der Waals surface area contributed by atoms with Gasteiger partial charge in [0.05, 0.1) is 17.6 Å². The Kier molecular flexibility index (Phi) is 6.02. The van der Waals surface area contributed by atoms with Crippen LogP contribution in [0.15, 0.2) is 59.5 Å². The first kappa shape index (κ1) is 19.9. The third kappa shape index (κ3) is 3.88. The van der Waals surface area contributed by atoms with Crippen molar-refractivity contribution in [3.63, 3.8) is 0 Å². The van der Waals surface area contributed by atoms with Gasteiger partial charge < -0.3 is 14.8 Å². The Morgan fingerprint density at radius 2 is 2.07 bits per heavy atom. The fourth-order valence-corrected chi connectivity index (χ4v) is 3.86. The summed E-state index contributed by atoms with van der Waals surface area (Å²) in [4.78, 5) is 25.8. The molecule has 1 atom stereocenters. The van der Waals surface area contributed by atoms with Gasteiger partial charge in [0.15, 0.2) is 5.78 Å². The average Bonchev–Trinajstić information content (AvgIpc) is 2.65. The van der Waals surface area contributed by atoms with Crippen molar-refractivity contribution in [3.05, 3.63) is 65.0 Å². The molecule has 5 heteroatoms. The minimum atomic E-state index is -0.503. The van der Waals surface area contributed by atoms with E-state index in [4.69, 9.17) is 9.47 Å². The summed E-state index contributed by atoms with van der Waals surface area (Å²) in [6.07, 6.45) is 3.59. The van der Waals surface area contributed by atoms with Gasteiger partial charge in [0, 0.05) is 29.0 Å². The van der Waals surface area contributed by atoms with Crippen molar-refractivity contribution in [1.29, 1.82) is 0 Å². The van der Waals surface area contributed by atoms with Crippen molar-refractivity contribution in [2.75, 3.05) is 6.61 Å². The Morgan fingerprint density at radius 3 is 2.79 bits per heavy atom. The predicted octanol–water partition coefficient (Wildman–Crippen LogP) is 4.17. The highest BCUT2D eigenvalue weighted by atomic mass is 16.5. The second kappa shape index (κ2) is 8.46. The topological polar surface area (TPSA) is 64.6 Å². The summed E-state index contributed by atoms with van der Waals surface area (Å²) < 4.78 is 11.4. The van der Waals surface area contributed by atoms with E-state index >= 15 is 0 Å². The van der Waals surface area contributed by atoms with Crippen molar-refractivity contribution in [3.8, 4) is 5.75 Å². The molecule has 1 aromatic rings. The highest BCUT2D eigenvalue weighted by Crippen LogP contribution is 2.45. The third-order valence-electron chi connectivity index (χ3n) is 4.92. The molecule has 1 aliphatic carbocycles. The lowest BCUT2D eigenvalue weighted by molar-refractivity contribution is -0.138. The van der Waals surface area contributed by atoms with Crippen LogP contribution in [-0.4, -0.2) is 24.5 Å². The molecule has 0 saturated carbocycles. The van der Waals surface area contributed by atoms with Crippen molar-refractivity contribution < 1.29 is 19.1 Å². The summed E-state index contributed by atoms with van der Waals surface area (Å²) in [5, 5.41) is 3.29. The molecular formula is C23H27NO4. The number of benzene rings is 1. The Balaban J connectivity index is 2.17. The molecule has 28 heavy (non-hydrogen) atoms. The number of para-hydroxylation sites is 1. The Bertz CT molecular complexity index is 863. The number of allylic oxidation sites excluding steroid dienone is 3. The first-order valence-corrected chi connectivity index (χ1v) is 9.71. The molecule has 1 aromatic carbocycles. The van der Waals surface area contributed by atoms with E-state index in [9.17, 15) is 9.59 Å². The molecule has 1 aliphatic heterocycles. The lowest BCUT2D eigenvalue weighted by atomic mass is 9.75. The van der Waals surface area contributed by atoms with Crippen molar-refractivity contribution in [1.82, 2.24) is 5.32 Å². The summed E-state index contributed by atoms with van der Waals surface area (Å²) in [7, 11) is 0. The molecule has 5 nitrogen and oxygen atoms in total. The first-order valence-electron chi connectivity index (χ1n) is 9.71. The van der Waals surface area contributed by atoms with Gasteiger partial charge in [-0.15, -0.1) is 0 Å². The fraction of sp³-hybridized carbons (Fsp3) is 0.391. The SMILES string of the molecule is C=CCOC(=O)C1=C(C)NC2=C(C(=O)CCC2)C1c1ccccc1OC(C)C. The summed E-state index contributed by atoms with van der Waals surface area (Å²) >= 11 is 0. The van der Waals surface area contributed by atoms with Crippen molar-refractivity contribution in [2.45, 2.75) is 52.1 Å². The highest BCUT2D eigenvalue weighted by Gasteiger charge is 2.40. The Labute approximate surface area is 166 Å². The molecule has 2 aliphatic rings. The van der Waals surface area contributed by atoms with Crippen molar-refractivity contribution in [2.24, 2.45) is 0 Å². The first-order chi connectivity index (χ1) is 13.4. The van der Waals surface area contributed by atoms with Crippen LogP contribution in [-0.2, 0) is 14.3 Å². The maximum Gasteiger partial charge on any atom is 0.337 e. The molecule has 0 bridgehead atoms. The van der Waals surface area contributed by atoms with Gasteiger partial charge >= 0.3 is 5.97 Å². The standard InChI is InChI=1S/C23H27NO4/c1-5-13-27-23(26)20-15(4)24-17-10-8-11-18(25)22(17)21(20)16-9-6-7-12-19(16)28-14(2)3/h5-7,9,12,14,21,24H,1,8,10-11,13H2,2-4H3. The zero-order valence-corrected chi connectivity index (χ0v) is 16.7. The molecule has 1 unspecified atom stereocenters. The van der Waals surface area contributed by atoms with Gasteiger partial charge in [-0.05, 0) is 39.7 Å². The van der Waals surface area contributed by atoms with E-state index < -0.39 is 11.9 Å². The molecule has 0 aromatic heterocycles. The summed E-state index contributed by atoms with van der Waals surface area (Å²) in [6, 6.07) is 7.61. The Morgan fingerprint density at radius 1 is 1.32 bits per heavy atom. The van der Waals surface area contributed by atoms with Crippen LogP contribution in [0.2, 0.25) is 0 Å². The lowest BCUT2D eigenvalue weighted by Gasteiger charge is -2.34. The monoisotopic (exact) mass is 381 g/mol. The summed E-state index contributed by atoms with van der Waals surface area (Å²) in [6.45, 7) is 9.49. The minimum Gasteiger partial charge on any atom is -0.491 e. The van der Waals surface area contributed by atoms with Gasteiger partial charge in [0.1, 0.15) is 12.4 Å². The number of ether oxygens (including phenoxy) is 2. The van der Waals surface area contributed by atoms with Crippen LogP contribution in [0, 0.1) is 0 Å². The molecule has 1 heterocycles. The van der Waals surface area contributed by atoms with Crippen LogP contribution in [0.3, 0.4) is 0 Å². The van der Waals surface area contributed by atoms with E-state index in [0.29, 0.717) is 29.0 Å². The molecule has 0 amide bonds. The molecule has 0 spiro atoms. The normalized spacial score (nSPS) is 19.3. The number of dihydropyridines is 1. The van der Waals surface area contributed by atoms with Gasteiger partial charge in [-0.25, -0.2) is 4.79 Å². The number of carbonyl (C=O) groups excluding carboxylic acids is 2. The van der Waals surface area contributed by atoms with E-state index in [-0.39, 0.29) is 18.5 Å². The third-order valence-corrected chi connectivity index (χ3v) is 4.92. The number of hydrogen-bond donors (Lipinski definition) is 1. The van der Waals surface area contributed by atoms with E-state index in [1.54, 1.807) is 0 Å². The average molecular weight is 381 g/mol. The smallest absolute Gasteiger partial charge is 0.337 e. The molecule has 0 radical (unpaired) electrons. The van der Waals surface area contributed by atoms with Gasteiger partial charge in [-0.3, -0.25) is 4.79 Å². The van der Waals surface area contributed by atoms with Gasteiger partial charge in [0.25, 0.3) is 0 Å². The van der Waals surface area contributed by atoms with Crippen molar-refractivity contribution >= 4 is 11.8 Å². The van der Waals surface area contributed by atoms with Gasteiger partial charge in [0.2, 0.25) is 0 Å². The van der Waals surface area contributed by atoms with Crippen LogP contribution in [0.4, 0.5) is 0 Å². The number of Topliss-reactive ketones (excluding diaryl/α,β-unsaturated/α-hetero) is 1. The molecule has 148 valence electrons. The number of carbonyl (C=O) groups is 2. The summed E-state index contributed by atoms with van der Waals surface area (Å²) in [5.41, 5.74) is 3.54. The van der Waals surface area contributed by atoms with Crippen LogP contribution < -0.4 is 10.1 Å². The van der Waals surface area contributed by atoms with E-state index in [0.717, 1.165) is 24.1 Å². The molecule has 0 saturated heterocycles. The Hall–Kier alpha value is -2.82. The largest absolute Gasteiger partial charge is 0.491 e. The quantitative estimate of drug-likeness (QED) is 0.592. The summed E-state index contributed by atoms with van der Waals surface area (Å²) in [5.74, 6) is -0.202. The number of esters is 1. The maximum atomic E-state index is 12.9. The maximum absolute atomic E-state index is 12.9. The zero-order valence-electron chi connectivity index (χ0n) is 16.7. The second-order valence-corrected chi connectivity index (χ2v) is 7.36. The molecule has 3 rings (SSSR count). The molecular weight excluding hydrogens is 354 g/mol. The minimum absolute atomic E-state index is 0.0281. The van der Waals surface area contributed by atoms with Crippen LogP contribution in [0.5, 0.6) is 5.75 Å². The molecule has 0 fully saturated rings. The van der Waals surface area contributed by atoms with E-state index in [1.165, 1.54) is 6.08 Å². The highest BCUT2D eigenvalue weighted by molar-refractivity contribution is 6.04. The number of ketones is 1. The van der Waals surface area contributed by atoms with Crippen LogP contribution in [0.1, 0.15) is 51.5 Å². The van der Waals surface area contributed by atoms with Crippen LogP contribution in [0.25, 0.3) is 0 Å². The van der Waals surface area contributed by atoms with E-state index in [2.05, 4.69) is 11.9 Å². The number of hydrogen-bond acceptors (Lipinski definition) is 5. The predicted molar refractivity (Wildman–Crippen MR) is 108 cm³/mol. The second-order valence-electron chi connectivity index (χ2n) is 7.36. The van der Waals surface area contributed by atoms with Crippen LogP contribution >= 0.6 is 0 Å². The zero-order chi connectivity index (χ0) is 20.3. The van der Waals surface area contributed by atoms with E-state index in [1.807, 2.05) is 45.0 Å². The fourth-order valence-electron chi connectivity index (χ4n) is 3.86. The number of rotatable bonds is 6. The number of nitrogens with one attached hydrogen (secondary N) is 1. The lowest BCUT2D eigenvalue weighted by Crippen LogP contribution is -2.34. The van der Waals surface area contributed by atoms with Gasteiger partial charge in [-0.1, -0.05) is 30.9 Å². The van der Waals surface area contributed by atoms with Gasteiger partial charge in [-0.2, -0.15) is 0 Å².